The van der Waals surface area contributed by atoms with Gasteiger partial charge in [0.2, 0.25) is 0 Å². The van der Waals surface area contributed by atoms with Gasteiger partial charge in [-0.25, -0.2) is 13.6 Å². The average molecular weight is 226 g/mol. The minimum Gasteiger partial charge on any atom is -0.427 e. The highest BCUT2D eigenvalue weighted by atomic mass is 32.2. The minimum atomic E-state index is -3.95. The van der Waals surface area contributed by atoms with E-state index in [9.17, 15) is 13.2 Å². The van der Waals surface area contributed by atoms with Crippen LogP contribution in [0, 0.1) is 0 Å². The molecule has 0 aliphatic rings. The summed E-state index contributed by atoms with van der Waals surface area (Å²) in [6, 6.07) is 4.37. The molecule has 2 rings (SSSR count). The monoisotopic (exact) mass is 226 g/mol. The zero-order valence-corrected chi connectivity index (χ0v) is 8.19. The number of aldehydes is 1. The number of sulfonamides is 1. The molecule has 0 amide bonds. The minimum absolute atomic E-state index is 0.268. The van der Waals surface area contributed by atoms with E-state index in [0.29, 0.717) is 11.8 Å². The number of fused-ring (bicyclic) bond motifs is 1. The van der Waals surface area contributed by atoms with E-state index in [0.717, 1.165) is 0 Å². The lowest BCUT2D eigenvalue weighted by Crippen LogP contribution is -2.12. The lowest BCUT2D eigenvalue weighted by Gasteiger charge is -1.87. The fourth-order valence-corrected chi connectivity index (χ4v) is 1.55. The number of aromatic nitrogens is 1. The number of rotatable bonds is 2. The molecule has 78 valence electrons. The third-order valence-corrected chi connectivity index (χ3v) is 2.43. The smallest absolute Gasteiger partial charge is 0.331 e. The predicted octanol–water partition coefficient (Wildman–Crippen LogP) is 0.288. The Morgan fingerprint density at radius 2 is 2.13 bits per heavy atom. The van der Waals surface area contributed by atoms with E-state index in [4.69, 9.17) is 9.56 Å². The van der Waals surface area contributed by atoms with Gasteiger partial charge in [-0.15, -0.1) is 0 Å². The highest BCUT2D eigenvalue weighted by Crippen LogP contribution is 2.18. The molecule has 2 aromatic rings. The Labute approximate surface area is 84.8 Å². The van der Waals surface area contributed by atoms with Crippen LogP contribution < -0.4 is 5.14 Å². The molecule has 6 nitrogen and oxygen atoms in total. The number of hydrogen-bond acceptors (Lipinski definition) is 5. The predicted molar refractivity (Wildman–Crippen MR) is 50.8 cm³/mol. The van der Waals surface area contributed by atoms with Crippen molar-refractivity contribution < 1.29 is 17.6 Å². The number of oxazole rings is 1. The Balaban J connectivity index is 2.71. The normalized spacial score (nSPS) is 11.8. The summed E-state index contributed by atoms with van der Waals surface area (Å²) in [5, 5.41) is 4.28. The second-order valence-electron chi connectivity index (χ2n) is 2.87. The average Bonchev–Trinajstić information content (AvgIpc) is 2.59. The summed E-state index contributed by atoms with van der Waals surface area (Å²) in [6.07, 6.45) is 0.630. The summed E-state index contributed by atoms with van der Waals surface area (Å²) in [5.41, 5.74) is 0.935. The Morgan fingerprint density at radius 1 is 1.40 bits per heavy atom. The molecule has 15 heavy (non-hydrogen) atoms. The van der Waals surface area contributed by atoms with Gasteiger partial charge < -0.3 is 4.42 Å². The van der Waals surface area contributed by atoms with Gasteiger partial charge in [0.1, 0.15) is 11.8 Å². The van der Waals surface area contributed by atoms with Crippen molar-refractivity contribution >= 4 is 27.4 Å². The van der Waals surface area contributed by atoms with Crippen LogP contribution in [0.2, 0.25) is 0 Å². The molecule has 0 fully saturated rings. The molecule has 0 aliphatic heterocycles. The summed E-state index contributed by atoms with van der Waals surface area (Å²) in [6.45, 7) is 0. The molecule has 0 saturated carbocycles. The molecule has 0 aliphatic carbocycles. The molecule has 1 aromatic heterocycles. The highest BCUT2D eigenvalue weighted by molar-refractivity contribution is 7.88. The van der Waals surface area contributed by atoms with E-state index in [2.05, 4.69) is 4.98 Å². The summed E-state index contributed by atoms with van der Waals surface area (Å²) >= 11 is 0. The summed E-state index contributed by atoms with van der Waals surface area (Å²) < 4.78 is 26.7. The number of nitrogens with two attached hydrogens (primary N) is 1. The molecular weight excluding hydrogens is 220 g/mol. The van der Waals surface area contributed by atoms with Crippen LogP contribution in [0.4, 0.5) is 0 Å². The zero-order valence-electron chi connectivity index (χ0n) is 7.38. The molecule has 1 heterocycles. The van der Waals surface area contributed by atoms with Crippen LogP contribution in [-0.2, 0) is 10.0 Å². The zero-order chi connectivity index (χ0) is 11.1. The van der Waals surface area contributed by atoms with E-state index >= 15 is 0 Å². The number of carbonyl (C=O) groups is 1. The van der Waals surface area contributed by atoms with Crippen molar-refractivity contribution in [2.24, 2.45) is 5.14 Å². The van der Waals surface area contributed by atoms with E-state index in [1.165, 1.54) is 18.2 Å². The third kappa shape index (κ3) is 1.74. The molecular formula is C8H6N2O4S. The molecule has 0 unspecified atom stereocenters. The van der Waals surface area contributed by atoms with E-state index < -0.39 is 15.2 Å². The van der Waals surface area contributed by atoms with Crippen molar-refractivity contribution in [3.8, 4) is 0 Å². The van der Waals surface area contributed by atoms with Crippen LogP contribution in [-0.4, -0.2) is 19.7 Å². The topological polar surface area (TPSA) is 103 Å². The van der Waals surface area contributed by atoms with Crippen LogP contribution in [0.3, 0.4) is 0 Å². The van der Waals surface area contributed by atoms with Crippen molar-refractivity contribution in [2.75, 3.05) is 0 Å². The number of carbonyl (C=O) groups excluding carboxylic acids is 1. The van der Waals surface area contributed by atoms with Crippen molar-refractivity contribution in [1.29, 1.82) is 0 Å². The molecule has 0 saturated heterocycles. The lowest BCUT2D eigenvalue weighted by atomic mass is 10.2. The van der Waals surface area contributed by atoms with Gasteiger partial charge in [-0.3, -0.25) is 4.79 Å². The third-order valence-electron chi connectivity index (χ3n) is 1.77. The Kier molecular flexibility index (Phi) is 2.06. The molecule has 0 radical (unpaired) electrons. The SMILES string of the molecule is NS(=O)(=O)c1nc2cc(C=O)ccc2o1. The second-order valence-corrected chi connectivity index (χ2v) is 4.31. The van der Waals surface area contributed by atoms with Crippen LogP contribution in [0.1, 0.15) is 10.4 Å². The van der Waals surface area contributed by atoms with Gasteiger partial charge in [0.25, 0.3) is 10.0 Å². The maximum atomic E-state index is 10.9. The fourth-order valence-electron chi connectivity index (χ4n) is 1.12. The first-order valence-corrected chi connectivity index (χ1v) is 5.44. The second kappa shape index (κ2) is 3.14. The number of benzene rings is 1. The van der Waals surface area contributed by atoms with Gasteiger partial charge in [0.15, 0.2) is 5.58 Å². The number of hydrogen-bond donors (Lipinski definition) is 1. The Morgan fingerprint density at radius 3 is 2.73 bits per heavy atom. The van der Waals surface area contributed by atoms with Crippen molar-refractivity contribution in [3.05, 3.63) is 23.8 Å². The summed E-state index contributed by atoms with van der Waals surface area (Å²) in [7, 11) is -3.95. The van der Waals surface area contributed by atoms with Gasteiger partial charge in [-0.05, 0) is 18.2 Å². The van der Waals surface area contributed by atoms with E-state index in [1.807, 2.05) is 0 Å². The summed E-state index contributed by atoms with van der Waals surface area (Å²) in [4.78, 5) is 14.1. The molecule has 0 spiro atoms. The van der Waals surface area contributed by atoms with Gasteiger partial charge in [0, 0.05) is 5.56 Å². The van der Waals surface area contributed by atoms with Gasteiger partial charge >= 0.3 is 5.22 Å². The van der Waals surface area contributed by atoms with Crippen LogP contribution in [0.15, 0.2) is 27.8 Å². The van der Waals surface area contributed by atoms with Crippen LogP contribution in [0.25, 0.3) is 11.1 Å². The van der Waals surface area contributed by atoms with Crippen molar-refractivity contribution in [1.82, 2.24) is 4.98 Å². The summed E-state index contributed by atoms with van der Waals surface area (Å²) in [5.74, 6) is 0. The molecule has 0 bridgehead atoms. The maximum Gasteiger partial charge on any atom is 0.331 e. The first-order chi connectivity index (χ1) is 7.00. The first kappa shape index (κ1) is 9.81. The molecule has 7 heteroatoms. The molecule has 1 aromatic carbocycles. The first-order valence-electron chi connectivity index (χ1n) is 3.89. The van der Waals surface area contributed by atoms with E-state index in [1.54, 1.807) is 0 Å². The van der Waals surface area contributed by atoms with Gasteiger partial charge in [-0.2, -0.15) is 4.98 Å². The van der Waals surface area contributed by atoms with Gasteiger partial charge in [-0.1, -0.05) is 0 Å². The number of nitrogens with zero attached hydrogens (tertiary/aromatic N) is 1. The maximum absolute atomic E-state index is 10.9. The standard InChI is InChI=1S/C8H6N2O4S/c9-15(12,13)8-10-6-3-5(4-11)1-2-7(6)14-8/h1-4H,(H2,9,12,13). The number of primary sulfonamides is 1. The molecule has 2 N–H and O–H groups in total. The quantitative estimate of drug-likeness (QED) is 0.741. The Hall–Kier alpha value is -1.73. The van der Waals surface area contributed by atoms with Crippen molar-refractivity contribution in [2.45, 2.75) is 5.22 Å². The van der Waals surface area contributed by atoms with Crippen LogP contribution >= 0.6 is 0 Å². The van der Waals surface area contributed by atoms with Crippen LogP contribution in [0.5, 0.6) is 0 Å². The highest BCUT2D eigenvalue weighted by Gasteiger charge is 2.16. The molecule has 0 atom stereocenters. The van der Waals surface area contributed by atoms with Crippen molar-refractivity contribution in [3.63, 3.8) is 0 Å². The Bertz CT molecular complexity index is 629. The largest absolute Gasteiger partial charge is 0.427 e. The lowest BCUT2D eigenvalue weighted by molar-refractivity contribution is 0.112. The fraction of sp³-hybridized carbons (Fsp3) is 0. The van der Waals surface area contributed by atoms with E-state index in [-0.39, 0.29) is 11.1 Å². The van der Waals surface area contributed by atoms with Gasteiger partial charge in [0.05, 0.1) is 0 Å².